The Bertz CT molecular complexity index is 1020. The van der Waals surface area contributed by atoms with E-state index in [-0.39, 0.29) is 0 Å². The van der Waals surface area contributed by atoms with Gasteiger partial charge in [-0.25, -0.2) is 0 Å². The van der Waals surface area contributed by atoms with Gasteiger partial charge in [0.05, 0.1) is 0 Å². The van der Waals surface area contributed by atoms with Gasteiger partial charge in [-0.2, -0.15) is 0 Å². The van der Waals surface area contributed by atoms with Crippen molar-refractivity contribution in [3.63, 3.8) is 0 Å². The molecular weight excluding hydrogens is 356 g/mol. The summed E-state index contributed by atoms with van der Waals surface area (Å²) in [6.07, 6.45) is 3.64. The monoisotopic (exact) mass is 384 g/mol. The third-order valence-electron chi connectivity index (χ3n) is 6.68. The first-order valence-corrected chi connectivity index (χ1v) is 10.8. The van der Waals surface area contributed by atoms with Crippen molar-refractivity contribution in [3.8, 4) is 0 Å². The van der Waals surface area contributed by atoms with Crippen LogP contribution in [0.5, 0.6) is 0 Å². The highest BCUT2D eigenvalue weighted by Crippen LogP contribution is 2.25. The molecule has 3 aromatic rings. The number of carbonyl (C=O) groups excluding carboxylic acids is 1. The predicted octanol–water partition coefficient (Wildman–Crippen LogP) is 4.43. The zero-order valence-electron chi connectivity index (χ0n) is 16.9. The van der Waals surface area contributed by atoms with Crippen LogP contribution < -0.4 is 0 Å². The molecule has 3 heteroatoms. The first-order valence-electron chi connectivity index (χ1n) is 10.8. The maximum atomic E-state index is 12.9. The third kappa shape index (κ3) is 3.79. The molecule has 1 atom stereocenters. The zero-order chi connectivity index (χ0) is 19.6. The highest BCUT2D eigenvalue weighted by Gasteiger charge is 2.31. The number of carbonyl (C=O) groups is 1. The van der Waals surface area contributed by atoms with Crippen LogP contribution in [0, 0.1) is 0 Å². The van der Waals surface area contributed by atoms with Crippen LogP contribution in [0.3, 0.4) is 0 Å². The quantitative estimate of drug-likeness (QED) is 0.664. The molecule has 2 heterocycles. The predicted molar refractivity (Wildman–Crippen MR) is 118 cm³/mol. The van der Waals surface area contributed by atoms with Gasteiger partial charge in [-0.05, 0) is 46.7 Å². The summed E-state index contributed by atoms with van der Waals surface area (Å²) in [5, 5.41) is 2.53. The second-order valence-corrected chi connectivity index (χ2v) is 8.41. The van der Waals surface area contributed by atoms with E-state index in [1.54, 1.807) is 0 Å². The molecule has 2 aliphatic rings. The van der Waals surface area contributed by atoms with E-state index in [2.05, 4.69) is 76.5 Å². The van der Waals surface area contributed by atoms with Crippen LogP contribution in [0.4, 0.5) is 0 Å². The molecule has 0 spiro atoms. The molecule has 29 heavy (non-hydrogen) atoms. The van der Waals surface area contributed by atoms with Crippen LogP contribution in [0.2, 0.25) is 0 Å². The molecular formula is C26H28N2O. The van der Waals surface area contributed by atoms with Crippen LogP contribution in [-0.4, -0.2) is 41.4 Å². The summed E-state index contributed by atoms with van der Waals surface area (Å²) < 4.78 is 0. The van der Waals surface area contributed by atoms with Crippen molar-refractivity contribution in [2.24, 2.45) is 0 Å². The number of aryl methyl sites for hydroxylation is 1. The Hall–Kier alpha value is -2.65. The Morgan fingerprint density at radius 3 is 2.62 bits per heavy atom. The van der Waals surface area contributed by atoms with Crippen molar-refractivity contribution in [2.45, 2.75) is 38.3 Å². The molecule has 1 amide bonds. The molecule has 0 bridgehead atoms. The molecule has 0 saturated carbocycles. The summed E-state index contributed by atoms with van der Waals surface area (Å²) >= 11 is 0. The molecule has 3 nitrogen and oxygen atoms in total. The Morgan fingerprint density at radius 2 is 1.69 bits per heavy atom. The van der Waals surface area contributed by atoms with E-state index in [1.165, 1.54) is 27.5 Å². The zero-order valence-corrected chi connectivity index (χ0v) is 16.9. The first kappa shape index (κ1) is 18.4. The van der Waals surface area contributed by atoms with Crippen molar-refractivity contribution in [3.05, 3.63) is 83.4 Å². The van der Waals surface area contributed by atoms with Crippen LogP contribution >= 0.6 is 0 Å². The summed E-state index contributed by atoms with van der Waals surface area (Å²) in [6, 6.07) is 24.1. The van der Waals surface area contributed by atoms with Crippen LogP contribution in [-0.2, 0) is 24.2 Å². The first-order chi connectivity index (χ1) is 14.3. The number of hydrogen-bond acceptors (Lipinski definition) is 2. The molecule has 1 saturated heterocycles. The van der Waals surface area contributed by atoms with Crippen molar-refractivity contribution >= 4 is 16.7 Å². The molecule has 0 aromatic heterocycles. The topological polar surface area (TPSA) is 23.6 Å². The van der Waals surface area contributed by atoms with Crippen molar-refractivity contribution in [1.29, 1.82) is 0 Å². The number of hydrogen-bond donors (Lipinski definition) is 0. The molecule has 3 aromatic carbocycles. The van der Waals surface area contributed by atoms with Gasteiger partial charge in [0, 0.05) is 38.6 Å². The SMILES string of the molecule is O=C(CCc1cccc2ccccc12)N1CCC(N2CCc3ccccc3C2)C1. The van der Waals surface area contributed by atoms with E-state index >= 15 is 0 Å². The minimum atomic E-state index is 0.304. The fourth-order valence-corrected chi connectivity index (χ4v) is 5.01. The van der Waals surface area contributed by atoms with E-state index < -0.39 is 0 Å². The van der Waals surface area contributed by atoms with Gasteiger partial charge in [0.1, 0.15) is 0 Å². The molecule has 0 N–H and O–H groups in total. The third-order valence-corrected chi connectivity index (χ3v) is 6.68. The number of fused-ring (bicyclic) bond motifs is 2. The molecule has 5 rings (SSSR count). The van der Waals surface area contributed by atoms with Gasteiger partial charge in [0.15, 0.2) is 0 Å². The number of benzene rings is 3. The maximum Gasteiger partial charge on any atom is 0.222 e. The second-order valence-electron chi connectivity index (χ2n) is 8.41. The fourth-order valence-electron chi connectivity index (χ4n) is 5.01. The summed E-state index contributed by atoms with van der Waals surface area (Å²) in [5.74, 6) is 0.304. The minimum absolute atomic E-state index is 0.304. The number of rotatable bonds is 4. The lowest BCUT2D eigenvalue weighted by molar-refractivity contribution is -0.130. The number of likely N-dealkylation sites (tertiary alicyclic amines) is 1. The normalized spacial score (nSPS) is 19.4. The minimum Gasteiger partial charge on any atom is -0.341 e. The Labute approximate surface area is 172 Å². The lowest BCUT2D eigenvalue weighted by Gasteiger charge is -2.33. The molecule has 1 fully saturated rings. The van der Waals surface area contributed by atoms with Crippen LogP contribution in [0.1, 0.15) is 29.5 Å². The van der Waals surface area contributed by atoms with Crippen LogP contribution in [0.15, 0.2) is 66.7 Å². The van der Waals surface area contributed by atoms with Gasteiger partial charge in [0.25, 0.3) is 0 Å². The summed E-state index contributed by atoms with van der Waals surface area (Å²) in [4.78, 5) is 17.6. The Morgan fingerprint density at radius 1 is 0.897 bits per heavy atom. The molecule has 0 aliphatic carbocycles. The van der Waals surface area contributed by atoms with Crippen molar-refractivity contribution in [2.75, 3.05) is 19.6 Å². The lowest BCUT2D eigenvalue weighted by atomic mass is 9.98. The Kier molecular flexibility index (Phi) is 5.07. The summed E-state index contributed by atoms with van der Waals surface area (Å²) in [5.41, 5.74) is 4.23. The van der Waals surface area contributed by atoms with Crippen LogP contribution in [0.25, 0.3) is 10.8 Å². The van der Waals surface area contributed by atoms with E-state index in [0.29, 0.717) is 18.4 Å². The van der Waals surface area contributed by atoms with Gasteiger partial charge in [-0.3, -0.25) is 9.69 Å². The standard InChI is InChI=1S/C26H28N2O/c29-26(13-12-22-10-5-9-21-7-3-4-11-25(21)22)28-17-15-24(19-28)27-16-14-20-6-1-2-8-23(20)18-27/h1-11,24H,12-19H2. The van der Waals surface area contributed by atoms with Crippen molar-refractivity contribution < 1.29 is 4.79 Å². The lowest BCUT2D eigenvalue weighted by Crippen LogP contribution is -2.41. The number of amides is 1. The highest BCUT2D eigenvalue weighted by molar-refractivity contribution is 5.86. The molecule has 2 aliphatic heterocycles. The highest BCUT2D eigenvalue weighted by atomic mass is 16.2. The summed E-state index contributed by atoms with van der Waals surface area (Å²) in [6.45, 7) is 3.92. The van der Waals surface area contributed by atoms with Crippen molar-refractivity contribution in [1.82, 2.24) is 9.80 Å². The second kappa shape index (κ2) is 8.00. The molecule has 1 unspecified atom stereocenters. The molecule has 148 valence electrons. The van der Waals surface area contributed by atoms with Gasteiger partial charge in [-0.15, -0.1) is 0 Å². The van der Waals surface area contributed by atoms with E-state index in [4.69, 9.17) is 0 Å². The van der Waals surface area contributed by atoms with Gasteiger partial charge < -0.3 is 4.90 Å². The van der Waals surface area contributed by atoms with Gasteiger partial charge >= 0.3 is 0 Å². The summed E-state index contributed by atoms with van der Waals surface area (Å²) in [7, 11) is 0. The smallest absolute Gasteiger partial charge is 0.222 e. The maximum absolute atomic E-state index is 12.9. The Balaban J connectivity index is 1.19. The average Bonchev–Trinajstić information content (AvgIpc) is 3.27. The largest absolute Gasteiger partial charge is 0.341 e. The van der Waals surface area contributed by atoms with Gasteiger partial charge in [0.2, 0.25) is 5.91 Å². The van der Waals surface area contributed by atoms with Gasteiger partial charge in [-0.1, -0.05) is 66.7 Å². The van der Waals surface area contributed by atoms with E-state index in [1.807, 2.05) is 0 Å². The molecule has 0 radical (unpaired) electrons. The fraction of sp³-hybridized carbons (Fsp3) is 0.346. The van der Waals surface area contributed by atoms with E-state index in [9.17, 15) is 4.79 Å². The number of nitrogens with zero attached hydrogens (tertiary/aromatic N) is 2. The average molecular weight is 385 g/mol. The van der Waals surface area contributed by atoms with E-state index in [0.717, 1.165) is 45.4 Å².